The standard InChI is InChI=1S/C13H20N2O3/c1-2-15-12(13(14)17)6-7-18-11-5-3-4-10(8-11)9-16/h3-5,8,12,15-16H,2,6-7,9H2,1H3,(H2,14,17). The molecule has 0 aliphatic rings. The molecule has 5 nitrogen and oxygen atoms in total. The van der Waals surface area contributed by atoms with Crippen molar-refractivity contribution in [2.24, 2.45) is 5.73 Å². The first-order chi connectivity index (χ1) is 8.67. The molecule has 0 saturated heterocycles. The highest BCUT2D eigenvalue weighted by atomic mass is 16.5. The highest BCUT2D eigenvalue weighted by Gasteiger charge is 2.13. The molecule has 0 fully saturated rings. The van der Waals surface area contributed by atoms with E-state index in [-0.39, 0.29) is 18.6 Å². The van der Waals surface area contributed by atoms with Gasteiger partial charge in [0, 0.05) is 6.42 Å². The molecule has 5 heteroatoms. The molecule has 0 aliphatic heterocycles. The summed E-state index contributed by atoms with van der Waals surface area (Å²) in [6, 6.07) is 6.85. The summed E-state index contributed by atoms with van der Waals surface area (Å²) < 4.78 is 5.52. The second-order valence-electron chi connectivity index (χ2n) is 3.96. The van der Waals surface area contributed by atoms with Gasteiger partial charge >= 0.3 is 0 Å². The molecule has 0 spiro atoms. The fraction of sp³-hybridized carbons (Fsp3) is 0.462. The van der Waals surface area contributed by atoms with Crippen molar-refractivity contribution < 1.29 is 14.6 Å². The maximum absolute atomic E-state index is 11.1. The molecule has 100 valence electrons. The molecule has 1 atom stereocenters. The van der Waals surface area contributed by atoms with Gasteiger partial charge in [-0.3, -0.25) is 4.79 Å². The Morgan fingerprint density at radius 2 is 2.33 bits per heavy atom. The van der Waals surface area contributed by atoms with Gasteiger partial charge in [0.05, 0.1) is 19.3 Å². The Morgan fingerprint density at radius 3 is 2.94 bits per heavy atom. The number of benzene rings is 1. The van der Waals surface area contributed by atoms with Gasteiger partial charge in [0.15, 0.2) is 0 Å². The summed E-state index contributed by atoms with van der Waals surface area (Å²) in [5, 5.41) is 12.0. The number of amides is 1. The largest absolute Gasteiger partial charge is 0.494 e. The number of hydrogen-bond acceptors (Lipinski definition) is 4. The Bertz CT molecular complexity index is 382. The van der Waals surface area contributed by atoms with Crippen LogP contribution in [0.3, 0.4) is 0 Å². The monoisotopic (exact) mass is 252 g/mol. The second kappa shape index (κ2) is 7.68. The number of rotatable bonds is 8. The van der Waals surface area contributed by atoms with Crippen LogP contribution in [0.15, 0.2) is 24.3 Å². The van der Waals surface area contributed by atoms with Crippen LogP contribution in [0, 0.1) is 0 Å². The zero-order valence-corrected chi connectivity index (χ0v) is 10.6. The van der Waals surface area contributed by atoms with Gasteiger partial charge < -0.3 is 20.9 Å². The third kappa shape index (κ3) is 4.73. The Labute approximate surface area is 107 Å². The fourth-order valence-corrected chi connectivity index (χ4v) is 1.62. The predicted molar refractivity (Wildman–Crippen MR) is 69.1 cm³/mol. The molecule has 0 heterocycles. The van der Waals surface area contributed by atoms with Crippen LogP contribution < -0.4 is 15.8 Å². The number of primary amides is 1. The van der Waals surface area contributed by atoms with Crippen molar-refractivity contribution in [2.45, 2.75) is 26.0 Å². The van der Waals surface area contributed by atoms with E-state index in [4.69, 9.17) is 15.6 Å². The first-order valence-electron chi connectivity index (χ1n) is 6.02. The fourth-order valence-electron chi connectivity index (χ4n) is 1.62. The number of carbonyl (C=O) groups is 1. The van der Waals surface area contributed by atoms with E-state index in [0.717, 1.165) is 5.56 Å². The van der Waals surface area contributed by atoms with Gasteiger partial charge in [0.25, 0.3) is 0 Å². The number of carbonyl (C=O) groups excluding carboxylic acids is 1. The van der Waals surface area contributed by atoms with Crippen molar-refractivity contribution in [2.75, 3.05) is 13.2 Å². The zero-order chi connectivity index (χ0) is 13.4. The van der Waals surface area contributed by atoms with Gasteiger partial charge in [-0.25, -0.2) is 0 Å². The Balaban J connectivity index is 2.42. The quantitative estimate of drug-likeness (QED) is 0.625. The van der Waals surface area contributed by atoms with Gasteiger partial charge in [0.1, 0.15) is 5.75 Å². The first-order valence-corrected chi connectivity index (χ1v) is 6.02. The normalized spacial score (nSPS) is 12.1. The van der Waals surface area contributed by atoms with Crippen LogP contribution in [0.4, 0.5) is 0 Å². The molecule has 1 aromatic carbocycles. The molecule has 0 aromatic heterocycles. The lowest BCUT2D eigenvalue weighted by Crippen LogP contribution is -2.42. The van der Waals surface area contributed by atoms with E-state index < -0.39 is 0 Å². The third-order valence-electron chi connectivity index (χ3n) is 2.55. The molecule has 0 bridgehead atoms. The third-order valence-corrected chi connectivity index (χ3v) is 2.55. The van der Waals surface area contributed by atoms with E-state index in [1.54, 1.807) is 6.07 Å². The molecular formula is C13H20N2O3. The van der Waals surface area contributed by atoms with E-state index in [1.165, 1.54) is 0 Å². The molecule has 1 rings (SSSR count). The van der Waals surface area contributed by atoms with Gasteiger partial charge in [0.2, 0.25) is 5.91 Å². The lowest BCUT2D eigenvalue weighted by molar-refractivity contribution is -0.120. The van der Waals surface area contributed by atoms with E-state index in [2.05, 4.69) is 5.32 Å². The molecular weight excluding hydrogens is 232 g/mol. The summed E-state index contributed by atoms with van der Waals surface area (Å²) in [6.07, 6.45) is 0.520. The van der Waals surface area contributed by atoms with E-state index in [9.17, 15) is 4.79 Å². The van der Waals surface area contributed by atoms with Crippen LogP contribution in [0.2, 0.25) is 0 Å². The van der Waals surface area contributed by atoms with Crippen molar-refractivity contribution in [1.82, 2.24) is 5.32 Å². The summed E-state index contributed by atoms with van der Waals surface area (Å²) in [5.74, 6) is 0.311. The van der Waals surface area contributed by atoms with Crippen molar-refractivity contribution in [3.05, 3.63) is 29.8 Å². The van der Waals surface area contributed by atoms with E-state index in [0.29, 0.717) is 25.3 Å². The lowest BCUT2D eigenvalue weighted by Gasteiger charge is -2.14. The number of aliphatic hydroxyl groups excluding tert-OH is 1. The molecule has 1 unspecified atom stereocenters. The zero-order valence-electron chi connectivity index (χ0n) is 10.6. The molecule has 4 N–H and O–H groups in total. The lowest BCUT2D eigenvalue weighted by atomic mass is 10.2. The van der Waals surface area contributed by atoms with E-state index in [1.807, 2.05) is 25.1 Å². The van der Waals surface area contributed by atoms with Crippen LogP contribution in [0.1, 0.15) is 18.9 Å². The smallest absolute Gasteiger partial charge is 0.234 e. The summed E-state index contributed by atoms with van der Waals surface area (Å²) >= 11 is 0. The molecule has 0 aliphatic carbocycles. The number of nitrogens with two attached hydrogens (primary N) is 1. The van der Waals surface area contributed by atoms with Crippen LogP contribution in [-0.4, -0.2) is 30.2 Å². The minimum absolute atomic E-state index is 0.0154. The van der Waals surface area contributed by atoms with Gasteiger partial charge in [-0.2, -0.15) is 0 Å². The van der Waals surface area contributed by atoms with Crippen LogP contribution in [0.25, 0.3) is 0 Å². The second-order valence-corrected chi connectivity index (χ2v) is 3.96. The van der Waals surface area contributed by atoms with Crippen molar-refractivity contribution in [3.8, 4) is 5.75 Å². The van der Waals surface area contributed by atoms with Crippen LogP contribution in [0.5, 0.6) is 5.75 Å². The number of aliphatic hydroxyl groups is 1. The van der Waals surface area contributed by atoms with Crippen LogP contribution >= 0.6 is 0 Å². The summed E-state index contributed by atoms with van der Waals surface area (Å²) in [5.41, 5.74) is 6.05. The molecule has 0 saturated carbocycles. The average molecular weight is 252 g/mol. The topological polar surface area (TPSA) is 84.6 Å². The van der Waals surface area contributed by atoms with Gasteiger partial charge in [-0.1, -0.05) is 19.1 Å². The number of ether oxygens (including phenoxy) is 1. The average Bonchev–Trinajstić information content (AvgIpc) is 2.38. The Morgan fingerprint density at radius 1 is 1.56 bits per heavy atom. The highest BCUT2D eigenvalue weighted by Crippen LogP contribution is 2.13. The predicted octanol–water partition coefficient (Wildman–Crippen LogP) is 0.411. The van der Waals surface area contributed by atoms with Crippen molar-refractivity contribution >= 4 is 5.91 Å². The molecule has 1 amide bonds. The Hall–Kier alpha value is -1.59. The summed E-state index contributed by atoms with van der Waals surface area (Å²) in [7, 11) is 0. The number of nitrogens with one attached hydrogen (secondary N) is 1. The number of likely N-dealkylation sites (N-methyl/N-ethyl adjacent to an activating group) is 1. The Kier molecular flexibility index (Phi) is 6.18. The molecule has 1 aromatic rings. The van der Waals surface area contributed by atoms with Gasteiger partial charge in [-0.05, 0) is 24.2 Å². The van der Waals surface area contributed by atoms with Crippen molar-refractivity contribution in [3.63, 3.8) is 0 Å². The summed E-state index contributed by atoms with van der Waals surface area (Å²) in [4.78, 5) is 11.1. The van der Waals surface area contributed by atoms with Crippen molar-refractivity contribution in [1.29, 1.82) is 0 Å². The summed E-state index contributed by atoms with van der Waals surface area (Å²) in [6.45, 7) is 2.99. The minimum Gasteiger partial charge on any atom is -0.494 e. The first kappa shape index (κ1) is 14.5. The van der Waals surface area contributed by atoms with Crippen LogP contribution in [-0.2, 0) is 11.4 Å². The maximum atomic E-state index is 11.1. The maximum Gasteiger partial charge on any atom is 0.234 e. The van der Waals surface area contributed by atoms with E-state index >= 15 is 0 Å². The highest BCUT2D eigenvalue weighted by molar-refractivity contribution is 5.79. The minimum atomic E-state index is -0.371. The van der Waals surface area contributed by atoms with Gasteiger partial charge in [-0.15, -0.1) is 0 Å². The molecule has 0 radical (unpaired) electrons. The SMILES string of the molecule is CCNC(CCOc1cccc(CO)c1)C(N)=O. The molecule has 18 heavy (non-hydrogen) atoms. The number of hydrogen-bond donors (Lipinski definition) is 3.